The zero-order valence-electron chi connectivity index (χ0n) is 19.1. The second-order valence-corrected chi connectivity index (χ2v) is 9.47. The highest BCUT2D eigenvalue weighted by atomic mass is 35.5. The largest absolute Gasteiger partial charge is 0.372 e. The number of fused-ring (bicyclic) bond motifs is 1. The first-order chi connectivity index (χ1) is 16.9. The Bertz CT molecular complexity index is 1280. The molecule has 1 amide bonds. The molecular formula is C25H24Cl2FN5O2. The minimum absolute atomic E-state index is 0.229. The molecule has 0 radical (unpaired) electrons. The molecule has 3 aromatic rings. The Hall–Kier alpha value is -2.75. The van der Waals surface area contributed by atoms with Crippen LogP contribution in [-0.4, -0.2) is 65.4 Å². The lowest BCUT2D eigenvalue weighted by atomic mass is 10.0. The molecule has 0 bridgehead atoms. The molecule has 3 heterocycles. The van der Waals surface area contributed by atoms with Gasteiger partial charge in [-0.25, -0.2) is 14.1 Å². The number of piperazine rings is 1. The zero-order chi connectivity index (χ0) is 24.5. The van der Waals surface area contributed by atoms with Crippen molar-refractivity contribution < 1.29 is 13.9 Å². The molecule has 7 nitrogen and oxygen atoms in total. The molecule has 1 aromatic heterocycles. The van der Waals surface area contributed by atoms with Gasteiger partial charge in [-0.05, 0) is 49.0 Å². The topological polar surface area (TPSA) is 62.6 Å². The standard InChI is InChI=1S/C25H24Cl2FN5O2/c1-31-8-10-32(11-9-31)30-25(34)23-20-15-35-14-17(12-16-2-5-19(28)6-3-16)24(20)33(29-23)22-7-4-18(26)13-21(22)27/h2-7,12-13H,8-11,14-15H2,1H3,(H,30,34). The molecule has 2 aromatic carbocycles. The minimum atomic E-state index is -0.311. The van der Waals surface area contributed by atoms with Crippen molar-refractivity contribution in [2.24, 2.45) is 0 Å². The number of likely N-dealkylation sites (N-methyl/N-ethyl adjacent to an activating group) is 1. The third-order valence-electron chi connectivity index (χ3n) is 6.12. The summed E-state index contributed by atoms with van der Waals surface area (Å²) in [5.74, 6) is -0.616. The summed E-state index contributed by atoms with van der Waals surface area (Å²) in [6.07, 6.45) is 1.90. The third kappa shape index (κ3) is 5.12. The van der Waals surface area contributed by atoms with Crippen molar-refractivity contribution >= 4 is 40.8 Å². The van der Waals surface area contributed by atoms with Gasteiger partial charge in [-0.2, -0.15) is 5.10 Å². The zero-order valence-corrected chi connectivity index (χ0v) is 20.6. The maximum absolute atomic E-state index is 13.4. The summed E-state index contributed by atoms with van der Waals surface area (Å²) in [6, 6.07) is 11.3. The molecule has 1 saturated heterocycles. The highest BCUT2D eigenvalue weighted by Gasteiger charge is 2.30. The number of benzene rings is 2. The van der Waals surface area contributed by atoms with E-state index in [0.717, 1.165) is 43.0 Å². The van der Waals surface area contributed by atoms with Crippen molar-refractivity contribution in [2.45, 2.75) is 6.61 Å². The van der Waals surface area contributed by atoms with Crippen LogP contribution < -0.4 is 5.43 Å². The van der Waals surface area contributed by atoms with Gasteiger partial charge in [0.1, 0.15) is 5.82 Å². The smallest absolute Gasteiger partial charge is 0.286 e. The van der Waals surface area contributed by atoms with Crippen molar-refractivity contribution in [3.8, 4) is 5.69 Å². The molecule has 0 atom stereocenters. The summed E-state index contributed by atoms with van der Waals surface area (Å²) in [5, 5.41) is 7.51. The van der Waals surface area contributed by atoms with Crippen molar-refractivity contribution in [3.63, 3.8) is 0 Å². The maximum atomic E-state index is 13.4. The highest BCUT2D eigenvalue weighted by Crippen LogP contribution is 2.34. The first-order valence-electron chi connectivity index (χ1n) is 11.2. The molecule has 2 aliphatic rings. The Morgan fingerprint density at radius 3 is 2.54 bits per heavy atom. The van der Waals surface area contributed by atoms with Crippen molar-refractivity contribution in [1.82, 2.24) is 25.1 Å². The maximum Gasteiger partial charge on any atom is 0.286 e. The number of amides is 1. The van der Waals surface area contributed by atoms with Gasteiger partial charge < -0.3 is 9.64 Å². The molecule has 0 unspecified atom stereocenters. The van der Waals surface area contributed by atoms with Crippen LogP contribution in [0.25, 0.3) is 17.3 Å². The molecule has 5 rings (SSSR count). The number of carbonyl (C=O) groups excluding carboxylic acids is 1. The van der Waals surface area contributed by atoms with E-state index in [2.05, 4.69) is 17.4 Å². The number of hydrazine groups is 1. The highest BCUT2D eigenvalue weighted by molar-refractivity contribution is 6.35. The first kappa shape index (κ1) is 24.0. The van der Waals surface area contributed by atoms with Gasteiger partial charge in [-0.15, -0.1) is 0 Å². The van der Waals surface area contributed by atoms with Gasteiger partial charge >= 0.3 is 0 Å². The van der Waals surface area contributed by atoms with Gasteiger partial charge in [-0.1, -0.05) is 35.3 Å². The average Bonchev–Trinajstić information content (AvgIpc) is 3.23. The van der Waals surface area contributed by atoms with E-state index in [-0.39, 0.29) is 24.0 Å². The van der Waals surface area contributed by atoms with E-state index in [1.807, 2.05) is 11.1 Å². The predicted molar refractivity (Wildman–Crippen MR) is 134 cm³/mol. The van der Waals surface area contributed by atoms with Crippen LogP contribution in [0.3, 0.4) is 0 Å². The van der Waals surface area contributed by atoms with E-state index < -0.39 is 0 Å². The average molecular weight is 516 g/mol. The van der Waals surface area contributed by atoms with E-state index in [4.69, 9.17) is 33.0 Å². The fraction of sp³-hybridized carbons (Fsp3) is 0.280. The third-order valence-corrected chi connectivity index (χ3v) is 6.66. The van der Waals surface area contributed by atoms with Crippen LogP contribution in [-0.2, 0) is 11.3 Å². The van der Waals surface area contributed by atoms with Crippen LogP contribution in [0, 0.1) is 5.82 Å². The molecule has 2 aliphatic heterocycles. The van der Waals surface area contributed by atoms with E-state index >= 15 is 0 Å². The molecule has 0 aliphatic carbocycles. The Labute approximate surface area is 212 Å². The number of aromatic nitrogens is 2. The van der Waals surface area contributed by atoms with Gasteiger partial charge in [0, 0.05) is 42.3 Å². The lowest BCUT2D eigenvalue weighted by Gasteiger charge is -2.32. The normalized spacial score (nSPS) is 18.0. The summed E-state index contributed by atoms with van der Waals surface area (Å²) in [4.78, 5) is 15.6. The molecule has 182 valence electrons. The van der Waals surface area contributed by atoms with Gasteiger partial charge in [0.25, 0.3) is 5.91 Å². The number of ether oxygens (including phenoxy) is 1. The van der Waals surface area contributed by atoms with E-state index in [9.17, 15) is 9.18 Å². The van der Waals surface area contributed by atoms with Crippen LogP contribution >= 0.6 is 23.2 Å². The molecule has 35 heavy (non-hydrogen) atoms. The number of nitrogens with zero attached hydrogens (tertiary/aromatic N) is 4. The van der Waals surface area contributed by atoms with Crippen molar-refractivity contribution in [1.29, 1.82) is 0 Å². The van der Waals surface area contributed by atoms with Gasteiger partial charge in [0.15, 0.2) is 5.69 Å². The molecule has 0 spiro atoms. The second-order valence-electron chi connectivity index (χ2n) is 8.63. The van der Waals surface area contributed by atoms with Crippen LogP contribution in [0.15, 0.2) is 42.5 Å². The summed E-state index contributed by atoms with van der Waals surface area (Å²) in [6.45, 7) is 3.70. The SMILES string of the molecule is CN1CCN(NC(=O)c2nn(-c3ccc(Cl)cc3Cl)c3c2COCC3=Cc2ccc(F)cc2)CC1. The Kier molecular flexibility index (Phi) is 6.91. The van der Waals surface area contributed by atoms with Crippen LogP contribution in [0.5, 0.6) is 0 Å². The number of nitrogens with one attached hydrogen (secondary N) is 1. The van der Waals surface area contributed by atoms with E-state index in [1.54, 1.807) is 35.0 Å². The molecule has 0 saturated carbocycles. The summed E-state index contributed by atoms with van der Waals surface area (Å²) >= 11 is 12.7. The second kappa shape index (κ2) is 10.1. The summed E-state index contributed by atoms with van der Waals surface area (Å²) in [7, 11) is 2.05. The Morgan fingerprint density at radius 1 is 1.09 bits per heavy atom. The number of rotatable bonds is 4. The fourth-order valence-corrected chi connectivity index (χ4v) is 4.73. The monoisotopic (exact) mass is 515 g/mol. The molecule has 1 N–H and O–H groups in total. The van der Waals surface area contributed by atoms with E-state index in [0.29, 0.717) is 27.9 Å². The fourth-order valence-electron chi connectivity index (χ4n) is 4.24. The van der Waals surface area contributed by atoms with E-state index in [1.165, 1.54) is 12.1 Å². The van der Waals surface area contributed by atoms with Crippen LogP contribution in [0.4, 0.5) is 4.39 Å². The molecule has 10 heteroatoms. The lowest BCUT2D eigenvalue weighted by molar-refractivity contribution is 0.0652. The lowest BCUT2D eigenvalue weighted by Crippen LogP contribution is -2.52. The van der Waals surface area contributed by atoms with Crippen LogP contribution in [0.2, 0.25) is 10.0 Å². The van der Waals surface area contributed by atoms with Crippen LogP contribution in [0.1, 0.15) is 27.3 Å². The molecular weight excluding hydrogens is 492 g/mol. The van der Waals surface area contributed by atoms with Gasteiger partial charge in [0.05, 0.1) is 29.6 Å². The minimum Gasteiger partial charge on any atom is -0.372 e. The summed E-state index contributed by atoms with van der Waals surface area (Å²) in [5.41, 5.74) is 6.86. The number of halogens is 3. The predicted octanol–water partition coefficient (Wildman–Crippen LogP) is 4.28. The summed E-state index contributed by atoms with van der Waals surface area (Å²) < 4.78 is 21.0. The Morgan fingerprint density at radius 2 is 1.83 bits per heavy atom. The van der Waals surface area contributed by atoms with Crippen molar-refractivity contribution in [3.05, 3.63) is 80.8 Å². The molecule has 1 fully saturated rings. The van der Waals surface area contributed by atoms with Crippen molar-refractivity contribution in [2.75, 3.05) is 39.8 Å². The number of carbonyl (C=O) groups is 1. The quantitative estimate of drug-likeness (QED) is 0.561. The number of hydrogen-bond donors (Lipinski definition) is 1. The Balaban J connectivity index is 1.58. The van der Waals surface area contributed by atoms with Gasteiger partial charge in [-0.3, -0.25) is 10.2 Å². The first-order valence-corrected chi connectivity index (χ1v) is 12.0. The number of hydrogen-bond acceptors (Lipinski definition) is 5. The van der Waals surface area contributed by atoms with Gasteiger partial charge in [0.2, 0.25) is 0 Å².